The lowest BCUT2D eigenvalue weighted by molar-refractivity contribution is 0.560. The molecule has 0 fully saturated rings. The molecule has 0 bridgehead atoms. The van der Waals surface area contributed by atoms with E-state index in [9.17, 15) is 4.21 Å². The summed E-state index contributed by atoms with van der Waals surface area (Å²) >= 11 is 0. The first kappa shape index (κ1) is 7.94. The molecule has 3 N–H and O–H groups in total. The molecule has 0 saturated carbocycles. The fourth-order valence-corrected chi connectivity index (χ4v) is 1.17. The molecule has 4 heteroatoms. The third-order valence-corrected chi connectivity index (χ3v) is 1.40. The molecule has 0 aromatic carbocycles. The molecule has 0 aromatic rings. The molecule has 0 heterocycles. The standard InChI is InChI=1S/C4H11NO2S/c1-4(2)3-8(5,6)7/h3-4H,1-2H3,(H3,5,6,7). The maximum Gasteiger partial charge on any atom is 0.138 e. The van der Waals surface area contributed by atoms with Crippen molar-refractivity contribution in [3.05, 3.63) is 0 Å². The van der Waals surface area contributed by atoms with Crippen LogP contribution in [0.15, 0.2) is 0 Å². The largest absolute Gasteiger partial charge is 0.303 e. The van der Waals surface area contributed by atoms with Crippen LogP contribution in [-0.2, 0) is 9.99 Å². The van der Waals surface area contributed by atoms with E-state index in [2.05, 4.69) is 0 Å². The van der Waals surface area contributed by atoms with E-state index in [4.69, 9.17) is 9.69 Å². The Morgan fingerprint density at radius 1 is 1.75 bits per heavy atom. The first-order chi connectivity index (χ1) is 3.42. The third-order valence-electron chi connectivity index (χ3n) is 0.467. The average molecular weight is 137 g/mol. The van der Waals surface area contributed by atoms with Crippen molar-refractivity contribution in [2.45, 2.75) is 13.8 Å². The first-order valence-electron chi connectivity index (χ1n) is 2.31. The van der Waals surface area contributed by atoms with Gasteiger partial charge in [0.2, 0.25) is 0 Å². The lowest BCUT2D eigenvalue weighted by Crippen LogP contribution is -2.15. The van der Waals surface area contributed by atoms with Gasteiger partial charge in [0.05, 0.1) is 0 Å². The number of rotatable bonds is 1. The van der Waals surface area contributed by atoms with Gasteiger partial charge in [0, 0.05) is 5.37 Å². The van der Waals surface area contributed by atoms with Crippen molar-refractivity contribution >= 4 is 15.4 Å². The SMILES string of the molecule is CC(C)C=S(N)(=O)O. The van der Waals surface area contributed by atoms with Crippen LogP contribution in [0.4, 0.5) is 0 Å². The Bertz CT molecular complexity index is 159. The van der Waals surface area contributed by atoms with E-state index < -0.39 is 9.99 Å². The summed E-state index contributed by atoms with van der Waals surface area (Å²) in [5.74, 6) is 0.0671. The normalized spacial score (nSPS) is 18.1. The minimum absolute atomic E-state index is 0.0671. The molecule has 0 aliphatic heterocycles. The molecule has 0 aromatic heterocycles. The molecule has 1 unspecified atom stereocenters. The smallest absolute Gasteiger partial charge is 0.138 e. The Morgan fingerprint density at radius 2 is 2.12 bits per heavy atom. The van der Waals surface area contributed by atoms with Crippen LogP contribution in [0.1, 0.15) is 13.8 Å². The van der Waals surface area contributed by atoms with Gasteiger partial charge in [0.25, 0.3) is 0 Å². The predicted molar refractivity (Wildman–Crippen MR) is 35.9 cm³/mol. The van der Waals surface area contributed by atoms with Gasteiger partial charge < -0.3 is 4.55 Å². The molecule has 0 spiro atoms. The Balaban J connectivity index is 4.19. The summed E-state index contributed by atoms with van der Waals surface area (Å²) in [6.45, 7) is 3.59. The molecule has 0 aliphatic rings. The quantitative estimate of drug-likeness (QED) is 0.502. The van der Waals surface area contributed by atoms with Gasteiger partial charge >= 0.3 is 0 Å². The van der Waals surface area contributed by atoms with Crippen molar-refractivity contribution in [3.63, 3.8) is 0 Å². The highest BCUT2D eigenvalue weighted by Crippen LogP contribution is 1.85. The van der Waals surface area contributed by atoms with Gasteiger partial charge in [-0.25, -0.2) is 9.35 Å². The van der Waals surface area contributed by atoms with Gasteiger partial charge in [-0.3, -0.25) is 0 Å². The van der Waals surface area contributed by atoms with E-state index in [-0.39, 0.29) is 5.92 Å². The van der Waals surface area contributed by atoms with Crippen molar-refractivity contribution < 1.29 is 8.76 Å². The highest BCUT2D eigenvalue weighted by molar-refractivity contribution is 7.94. The van der Waals surface area contributed by atoms with Crippen molar-refractivity contribution in [3.8, 4) is 0 Å². The van der Waals surface area contributed by atoms with Crippen LogP contribution in [0.25, 0.3) is 0 Å². The van der Waals surface area contributed by atoms with Gasteiger partial charge in [-0.1, -0.05) is 13.8 Å². The van der Waals surface area contributed by atoms with Gasteiger partial charge in [-0.15, -0.1) is 0 Å². The summed E-state index contributed by atoms with van der Waals surface area (Å²) in [5.41, 5.74) is 0. The van der Waals surface area contributed by atoms with E-state index in [1.54, 1.807) is 13.8 Å². The molecule has 0 rings (SSSR count). The zero-order valence-electron chi connectivity index (χ0n) is 5.00. The van der Waals surface area contributed by atoms with Crippen LogP contribution < -0.4 is 5.14 Å². The highest BCUT2D eigenvalue weighted by Gasteiger charge is 1.91. The average Bonchev–Trinajstić information content (AvgIpc) is 1.21. The Labute approximate surface area is 49.9 Å². The van der Waals surface area contributed by atoms with Crippen LogP contribution in [0, 0.1) is 5.92 Å². The Morgan fingerprint density at radius 3 is 2.12 bits per heavy atom. The molecule has 1 atom stereocenters. The number of hydrogen-bond acceptors (Lipinski definition) is 1. The molecule has 3 nitrogen and oxygen atoms in total. The summed E-state index contributed by atoms with van der Waals surface area (Å²) in [5, 5.41) is 5.98. The monoisotopic (exact) mass is 137 g/mol. The van der Waals surface area contributed by atoms with E-state index in [0.717, 1.165) is 0 Å². The van der Waals surface area contributed by atoms with Crippen LogP contribution in [0.2, 0.25) is 0 Å². The Hall–Kier alpha value is -0.0600. The molecular formula is C4H11NO2S. The molecule has 0 saturated heterocycles. The maximum absolute atomic E-state index is 10.3. The minimum atomic E-state index is -3.10. The van der Waals surface area contributed by atoms with Crippen LogP contribution in [0.5, 0.6) is 0 Å². The summed E-state index contributed by atoms with van der Waals surface area (Å²) in [7, 11) is -3.10. The van der Waals surface area contributed by atoms with Crippen molar-refractivity contribution in [2.24, 2.45) is 11.1 Å². The third kappa shape index (κ3) is 5.94. The molecule has 8 heavy (non-hydrogen) atoms. The second-order valence-electron chi connectivity index (χ2n) is 1.99. The van der Waals surface area contributed by atoms with Crippen LogP contribution >= 0.6 is 0 Å². The van der Waals surface area contributed by atoms with E-state index in [1.165, 1.54) is 5.37 Å². The van der Waals surface area contributed by atoms with E-state index >= 15 is 0 Å². The predicted octanol–water partition coefficient (Wildman–Crippen LogP) is 0.0757. The highest BCUT2D eigenvalue weighted by atomic mass is 32.2. The zero-order valence-corrected chi connectivity index (χ0v) is 5.81. The lowest BCUT2D eigenvalue weighted by atomic mass is 10.3. The second-order valence-corrected chi connectivity index (χ2v) is 3.49. The maximum atomic E-state index is 10.3. The van der Waals surface area contributed by atoms with E-state index in [1.807, 2.05) is 0 Å². The van der Waals surface area contributed by atoms with Crippen molar-refractivity contribution in [1.29, 1.82) is 0 Å². The van der Waals surface area contributed by atoms with E-state index in [0.29, 0.717) is 0 Å². The topological polar surface area (TPSA) is 63.3 Å². The van der Waals surface area contributed by atoms with Gasteiger partial charge in [0.1, 0.15) is 9.99 Å². The summed E-state index contributed by atoms with van der Waals surface area (Å²) in [6, 6.07) is 0. The number of nitrogens with two attached hydrogens (primary N) is 1. The van der Waals surface area contributed by atoms with Crippen molar-refractivity contribution in [1.82, 2.24) is 0 Å². The molecule has 0 radical (unpaired) electrons. The van der Waals surface area contributed by atoms with Crippen molar-refractivity contribution in [2.75, 3.05) is 0 Å². The minimum Gasteiger partial charge on any atom is -0.303 e. The fraction of sp³-hybridized carbons (Fsp3) is 0.750. The molecule has 0 amide bonds. The van der Waals surface area contributed by atoms with Crippen LogP contribution in [0.3, 0.4) is 0 Å². The molecule has 50 valence electrons. The van der Waals surface area contributed by atoms with Gasteiger partial charge in [-0.05, 0) is 5.92 Å². The zero-order chi connectivity index (χ0) is 6.78. The van der Waals surface area contributed by atoms with Gasteiger partial charge in [-0.2, -0.15) is 0 Å². The summed E-state index contributed by atoms with van der Waals surface area (Å²) in [4.78, 5) is 0. The molecular weight excluding hydrogens is 126 g/mol. The lowest BCUT2D eigenvalue weighted by Gasteiger charge is -1.95. The second kappa shape index (κ2) is 2.48. The van der Waals surface area contributed by atoms with Gasteiger partial charge in [0.15, 0.2) is 0 Å². The summed E-state index contributed by atoms with van der Waals surface area (Å²) in [6.07, 6.45) is 0. The molecule has 0 aliphatic carbocycles. The first-order valence-corrected chi connectivity index (χ1v) is 3.95. The summed E-state index contributed by atoms with van der Waals surface area (Å²) < 4.78 is 18.7. The Kier molecular flexibility index (Phi) is 2.46. The fourth-order valence-electron chi connectivity index (χ4n) is 0.390. The van der Waals surface area contributed by atoms with Crippen LogP contribution in [-0.4, -0.2) is 14.1 Å². The number of hydrogen-bond donors (Lipinski definition) is 2.